The minimum atomic E-state index is -1.06. The first-order valence-electron chi connectivity index (χ1n) is 8.98. The summed E-state index contributed by atoms with van der Waals surface area (Å²) in [5.41, 5.74) is 0. The molecular formula is C18H33LiNO5+. The molecule has 0 saturated heterocycles. The standard InChI is InChI=1S/C18H33NO5.Li/c1-2-3-4-5-6-7-12-19(15-16-20,13-8-10-17(21)22)14-9-11-18(23)24;/h3-4,20H,2,5-16H2,1H3,(H-,21,22,23,24);/q;+1/b4-3+;. The van der Waals surface area contributed by atoms with E-state index in [4.69, 9.17) is 5.11 Å². The number of nitrogens with zero attached hydrogens (tertiary/aromatic N) is 1. The normalized spacial score (nSPS) is 13.4. The van der Waals surface area contributed by atoms with E-state index < -0.39 is 11.9 Å². The summed E-state index contributed by atoms with van der Waals surface area (Å²) in [6.07, 6.45) is 9.51. The molecule has 0 aromatic heterocycles. The molecule has 0 heterocycles. The second kappa shape index (κ2) is 16.7. The van der Waals surface area contributed by atoms with Gasteiger partial charge in [0.1, 0.15) is 6.54 Å². The predicted molar refractivity (Wildman–Crippen MR) is 91.2 cm³/mol. The van der Waals surface area contributed by atoms with Gasteiger partial charge in [-0.1, -0.05) is 19.1 Å². The van der Waals surface area contributed by atoms with Crippen LogP contribution in [0, 0.1) is 0 Å². The van der Waals surface area contributed by atoms with Gasteiger partial charge in [-0.2, -0.15) is 0 Å². The van der Waals surface area contributed by atoms with E-state index in [9.17, 15) is 19.8 Å². The maximum atomic E-state index is 10.8. The average Bonchev–Trinajstić information content (AvgIpc) is 2.50. The van der Waals surface area contributed by atoms with Crippen molar-refractivity contribution in [3.8, 4) is 0 Å². The molecule has 0 aromatic carbocycles. The molecule has 0 bridgehead atoms. The molecule has 1 atom stereocenters. The third-order valence-corrected chi connectivity index (χ3v) is 4.27. The molecule has 0 fully saturated rings. The van der Waals surface area contributed by atoms with Crippen molar-refractivity contribution in [3.63, 3.8) is 0 Å². The first-order chi connectivity index (χ1) is 11.5. The van der Waals surface area contributed by atoms with Crippen molar-refractivity contribution in [3.05, 3.63) is 12.2 Å². The van der Waals surface area contributed by atoms with Gasteiger partial charge in [-0.3, -0.25) is 4.79 Å². The number of quaternary nitrogens is 1. The van der Waals surface area contributed by atoms with Crippen LogP contribution in [0.5, 0.6) is 0 Å². The zero-order valence-electron chi connectivity index (χ0n) is 15.9. The summed E-state index contributed by atoms with van der Waals surface area (Å²) < 4.78 is 0.592. The van der Waals surface area contributed by atoms with Gasteiger partial charge in [0.15, 0.2) is 0 Å². The molecular weight excluding hydrogens is 317 g/mol. The molecule has 0 aromatic rings. The van der Waals surface area contributed by atoms with E-state index in [1.807, 2.05) is 0 Å². The first kappa shape index (κ1) is 26.4. The minimum absolute atomic E-state index is 0. The van der Waals surface area contributed by atoms with Crippen LogP contribution in [0.3, 0.4) is 0 Å². The van der Waals surface area contributed by atoms with Crippen LogP contribution in [0.25, 0.3) is 0 Å². The number of rotatable bonds is 16. The number of allylic oxidation sites excluding steroid dienone is 2. The number of aliphatic carboxylic acids is 2. The summed E-state index contributed by atoms with van der Waals surface area (Å²) in [4.78, 5) is 21.4. The Labute approximate surface area is 163 Å². The molecule has 0 radical (unpaired) electrons. The summed E-state index contributed by atoms with van der Waals surface area (Å²) in [5, 5.41) is 28.9. The zero-order chi connectivity index (χ0) is 18.3. The first-order valence-corrected chi connectivity index (χ1v) is 8.98. The van der Waals surface area contributed by atoms with Crippen LogP contribution in [0.15, 0.2) is 12.2 Å². The zero-order valence-corrected chi connectivity index (χ0v) is 15.9. The van der Waals surface area contributed by atoms with Crippen molar-refractivity contribution in [2.75, 3.05) is 32.8 Å². The average molecular weight is 350 g/mol. The third kappa shape index (κ3) is 15.2. The molecule has 0 amide bonds. The summed E-state index contributed by atoms with van der Waals surface area (Å²) >= 11 is 0. The fourth-order valence-corrected chi connectivity index (χ4v) is 3.00. The van der Waals surface area contributed by atoms with Gasteiger partial charge in [-0.05, 0) is 32.1 Å². The van der Waals surface area contributed by atoms with Crippen LogP contribution in [-0.4, -0.2) is 59.4 Å². The predicted octanol–water partition coefficient (Wildman–Crippen LogP) is -1.67. The number of carboxylic acids is 2. The quantitative estimate of drug-likeness (QED) is 0.150. The van der Waals surface area contributed by atoms with Crippen LogP contribution in [0.1, 0.15) is 58.3 Å². The monoisotopic (exact) mass is 350 g/mol. The van der Waals surface area contributed by atoms with E-state index in [1.165, 1.54) is 0 Å². The summed E-state index contributed by atoms with van der Waals surface area (Å²) in [7, 11) is 0. The second-order valence-electron chi connectivity index (χ2n) is 6.31. The number of carbonyl (C=O) groups excluding carboxylic acids is 1. The number of hydrogen-bond acceptors (Lipinski definition) is 4. The second-order valence-corrected chi connectivity index (χ2v) is 6.31. The Morgan fingerprint density at radius 3 is 2.08 bits per heavy atom. The number of carboxylic acid groups (broad SMARTS) is 2. The number of aliphatic hydroxyl groups excluding tert-OH is 1. The molecule has 0 saturated carbocycles. The van der Waals surface area contributed by atoms with E-state index >= 15 is 0 Å². The topological polar surface area (TPSA) is 97.7 Å². The van der Waals surface area contributed by atoms with Gasteiger partial charge in [0.2, 0.25) is 0 Å². The fourth-order valence-electron chi connectivity index (χ4n) is 3.00. The summed E-state index contributed by atoms with van der Waals surface area (Å²) in [6, 6.07) is 0. The molecule has 0 aliphatic heterocycles. The van der Waals surface area contributed by atoms with Crippen LogP contribution >= 0.6 is 0 Å². The Morgan fingerprint density at radius 2 is 1.56 bits per heavy atom. The van der Waals surface area contributed by atoms with Crippen molar-refractivity contribution in [2.24, 2.45) is 0 Å². The molecule has 1 unspecified atom stereocenters. The number of unbranched alkanes of at least 4 members (excludes halogenated alkanes) is 2. The van der Waals surface area contributed by atoms with E-state index in [1.54, 1.807) is 0 Å². The molecule has 0 aliphatic carbocycles. The molecule has 2 N–H and O–H groups in total. The molecule has 25 heavy (non-hydrogen) atoms. The Morgan fingerprint density at radius 1 is 0.960 bits per heavy atom. The van der Waals surface area contributed by atoms with Gasteiger partial charge in [0.05, 0.1) is 32.7 Å². The molecule has 0 aliphatic rings. The molecule has 6 nitrogen and oxygen atoms in total. The SMILES string of the molecule is CC/C=C/CCCC[N+](CCO)(CCCC(=O)[O-])CCCC(=O)O.[Li+]. The van der Waals surface area contributed by atoms with E-state index in [2.05, 4.69) is 19.1 Å². The number of hydrogen-bond donors (Lipinski definition) is 2. The largest absolute Gasteiger partial charge is 1.00 e. The van der Waals surface area contributed by atoms with Crippen molar-refractivity contribution in [1.29, 1.82) is 0 Å². The maximum Gasteiger partial charge on any atom is 1.00 e. The smallest absolute Gasteiger partial charge is 0.550 e. The Hall–Kier alpha value is -0.803. The van der Waals surface area contributed by atoms with Crippen LogP contribution in [0.2, 0.25) is 0 Å². The number of carbonyl (C=O) groups is 2. The summed E-state index contributed by atoms with van der Waals surface area (Å²) in [6.45, 7) is 4.79. The van der Waals surface area contributed by atoms with Crippen molar-refractivity contribution >= 4 is 11.9 Å². The molecule has 7 heteroatoms. The Kier molecular flexibility index (Phi) is 17.6. The van der Waals surface area contributed by atoms with Gasteiger partial charge in [-0.15, -0.1) is 0 Å². The molecule has 0 rings (SSSR count). The van der Waals surface area contributed by atoms with Crippen LogP contribution < -0.4 is 24.0 Å². The van der Waals surface area contributed by atoms with E-state index in [0.717, 1.165) is 32.2 Å². The third-order valence-electron chi connectivity index (χ3n) is 4.27. The van der Waals surface area contributed by atoms with Gasteiger partial charge in [-0.25, -0.2) is 0 Å². The molecule has 140 valence electrons. The van der Waals surface area contributed by atoms with Gasteiger partial charge < -0.3 is 24.6 Å². The Balaban J connectivity index is 0. The van der Waals surface area contributed by atoms with E-state index in [-0.39, 0.29) is 38.3 Å². The maximum absolute atomic E-state index is 10.8. The number of aliphatic hydroxyl groups is 1. The fraction of sp³-hybridized carbons (Fsp3) is 0.778. The van der Waals surface area contributed by atoms with Crippen molar-refractivity contribution < 1.29 is 48.3 Å². The van der Waals surface area contributed by atoms with E-state index in [0.29, 0.717) is 37.0 Å². The van der Waals surface area contributed by atoms with Crippen LogP contribution in [0.4, 0.5) is 0 Å². The minimum Gasteiger partial charge on any atom is -0.550 e. The van der Waals surface area contributed by atoms with Gasteiger partial charge in [0.25, 0.3) is 0 Å². The van der Waals surface area contributed by atoms with Crippen molar-refractivity contribution in [1.82, 2.24) is 0 Å². The van der Waals surface area contributed by atoms with Gasteiger partial charge in [0, 0.05) is 18.8 Å². The Bertz CT molecular complexity index is 368. The van der Waals surface area contributed by atoms with Crippen molar-refractivity contribution in [2.45, 2.75) is 58.3 Å². The van der Waals surface area contributed by atoms with Crippen LogP contribution in [-0.2, 0) is 9.59 Å². The summed E-state index contributed by atoms with van der Waals surface area (Å²) in [5.74, 6) is -1.89. The van der Waals surface area contributed by atoms with Gasteiger partial charge >= 0.3 is 24.8 Å². The molecule has 0 spiro atoms.